The van der Waals surface area contributed by atoms with E-state index in [-0.39, 0.29) is 0 Å². The van der Waals surface area contributed by atoms with Gasteiger partial charge in [0, 0.05) is 104 Å². The van der Waals surface area contributed by atoms with Crippen LogP contribution in [-0.2, 0) is 0 Å². The molecule has 8 heteroatoms. The highest BCUT2D eigenvalue weighted by Crippen LogP contribution is 2.47. The van der Waals surface area contributed by atoms with E-state index in [0.29, 0.717) is 0 Å². The molecule has 0 saturated heterocycles. The Kier molecular flexibility index (Phi) is 8.38. The Balaban J connectivity index is 0.733. The number of furan rings is 4. The van der Waals surface area contributed by atoms with E-state index in [9.17, 15) is 0 Å². The first-order valence-electron chi connectivity index (χ1n) is 29.2. The lowest BCUT2D eigenvalue weighted by Gasteiger charge is -2.10. The van der Waals surface area contributed by atoms with E-state index in [1.54, 1.807) is 0 Å². The average Bonchev–Trinajstić information content (AvgIpc) is 1.78. The summed E-state index contributed by atoms with van der Waals surface area (Å²) in [5, 5.41) is 17.8. The molecule has 8 aromatic heterocycles. The molecule has 0 aliphatic heterocycles. The molecule has 21 rings (SSSR count). The number of rotatable bonds is 4. The van der Waals surface area contributed by atoms with Gasteiger partial charge in [-0.25, -0.2) is 0 Å². The zero-order valence-corrected chi connectivity index (χ0v) is 45.7. The highest BCUT2D eigenvalue weighted by molar-refractivity contribution is 6.26. The zero-order chi connectivity index (χ0) is 55.6. The second-order valence-electron chi connectivity index (χ2n) is 23.1. The van der Waals surface area contributed by atoms with Gasteiger partial charge in [-0.2, -0.15) is 0 Å². The monoisotopic (exact) mass is 1100 g/mol. The zero-order valence-electron chi connectivity index (χ0n) is 45.7. The largest absolute Gasteiger partial charge is 0.456 e. The molecule has 0 amide bonds. The van der Waals surface area contributed by atoms with Crippen LogP contribution in [-0.4, -0.2) is 18.3 Å². The molecule has 86 heavy (non-hydrogen) atoms. The lowest BCUT2D eigenvalue weighted by molar-refractivity contribution is 0.656. The van der Waals surface area contributed by atoms with Gasteiger partial charge in [0.25, 0.3) is 0 Å². The number of nitrogens with zero attached hydrogens (tertiary/aromatic N) is 4. The van der Waals surface area contributed by atoms with Gasteiger partial charge in [-0.3, -0.25) is 0 Å². The number of hydrogen-bond acceptors (Lipinski definition) is 4. The molecule has 0 aliphatic rings. The average molecular weight is 1100 g/mol. The first kappa shape index (κ1) is 44.9. The smallest absolute Gasteiger partial charge is 0.145 e. The Morgan fingerprint density at radius 2 is 0.488 bits per heavy atom. The van der Waals surface area contributed by atoms with Crippen molar-refractivity contribution >= 4 is 175 Å². The molecule has 0 fully saturated rings. The standard InChI is InChI=1S/C78H42N4O4/c1-7-19-61-47(13-1)48-14-2-8-20-62(48)79(61)43-25-31-66-60(40-43)76-68(32-29-52-51-17-6-12-24-69(51)85-77(52)76)82(66)46-27-35-71-57(39-46)59-41-58-56-38-45(26-34-70(56)83-73(58)42-74(59)84-71)81-65-23-11-5-18-54(65)75-67(81)33-30-53-55-37-44(28-36-72(55)86-78(53)75)80-63-21-9-3-15-49(63)50-16-4-10-22-64(50)80/h1-42H. The van der Waals surface area contributed by atoms with E-state index >= 15 is 0 Å². The van der Waals surface area contributed by atoms with Crippen molar-refractivity contribution in [3.8, 4) is 22.7 Å². The third kappa shape index (κ3) is 5.77. The minimum atomic E-state index is 0.769. The van der Waals surface area contributed by atoms with Crippen LogP contribution in [0.5, 0.6) is 0 Å². The first-order chi connectivity index (χ1) is 42.6. The van der Waals surface area contributed by atoms with Gasteiger partial charge in [0.05, 0.1) is 54.9 Å². The fourth-order valence-electron chi connectivity index (χ4n) is 15.1. The maximum absolute atomic E-state index is 6.95. The van der Waals surface area contributed by atoms with E-state index in [2.05, 4.69) is 267 Å². The van der Waals surface area contributed by atoms with Crippen LogP contribution in [0, 0.1) is 0 Å². The van der Waals surface area contributed by atoms with Crippen molar-refractivity contribution in [3.05, 3.63) is 255 Å². The van der Waals surface area contributed by atoms with E-state index < -0.39 is 0 Å². The van der Waals surface area contributed by atoms with Crippen molar-refractivity contribution in [1.82, 2.24) is 18.3 Å². The SMILES string of the molecule is c1ccc2c(c1)oc1c2ccc2c1c1cc(-n3c4ccccc4c4ccccc43)ccc1n2-c1ccc2oc3cc4oc5ccc(-n6c7ccccc7c7c8oc9ccc(-n%10c%11ccccc%11c%11ccccc%11%10)cc9c8ccc76)cc5c4cc3c2c1. The van der Waals surface area contributed by atoms with Gasteiger partial charge >= 0.3 is 0 Å². The van der Waals surface area contributed by atoms with Crippen molar-refractivity contribution in [2.45, 2.75) is 0 Å². The highest BCUT2D eigenvalue weighted by Gasteiger charge is 2.25. The van der Waals surface area contributed by atoms with E-state index in [4.69, 9.17) is 17.7 Å². The topological polar surface area (TPSA) is 72.3 Å². The minimum Gasteiger partial charge on any atom is -0.456 e. The fourth-order valence-corrected chi connectivity index (χ4v) is 15.1. The second-order valence-corrected chi connectivity index (χ2v) is 23.1. The maximum atomic E-state index is 6.95. The van der Waals surface area contributed by atoms with Crippen molar-refractivity contribution < 1.29 is 17.7 Å². The van der Waals surface area contributed by atoms with Crippen LogP contribution < -0.4 is 0 Å². The predicted molar refractivity (Wildman–Crippen MR) is 353 cm³/mol. The summed E-state index contributed by atoms with van der Waals surface area (Å²) in [6, 6.07) is 91.6. The molecule has 0 spiro atoms. The van der Waals surface area contributed by atoms with Crippen molar-refractivity contribution in [3.63, 3.8) is 0 Å². The molecular formula is C78H42N4O4. The Bertz CT molecular complexity index is 6500. The summed E-state index contributed by atoms with van der Waals surface area (Å²) in [4.78, 5) is 0. The van der Waals surface area contributed by atoms with Crippen molar-refractivity contribution in [2.24, 2.45) is 0 Å². The molecule has 0 aliphatic carbocycles. The number of hydrogen-bond donors (Lipinski definition) is 0. The third-order valence-electron chi connectivity index (χ3n) is 18.7. The Morgan fingerprint density at radius 3 is 0.988 bits per heavy atom. The number of aromatic nitrogens is 4. The van der Waals surface area contributed by atoms with E-state index in [0.717, 1.165) is 154 Å². The Morgan fingerprint density at radius 1 is 0.174 bits per heavy atom. The summed E-state index contributed by atoms with van der Waals surface area (Å²) in [5.41, 5.74) is 19.9. The molecule has 13 aromatic carbocycles. The molecule has 0 bridgehead atoms. The second kappa shape index (κ2) is 16.1. The minimum absolute atomic E-state index is 0.769. The molecule has 0 N–H and O–H groups in total. The van der Waals surface area contributed by atoms with Crippen LogP contribution in [0.15, 0.2) is 272 Å². The van der Waals surface area contributed by atoms with Crippen LogP contribution in [0.2, 0.25) is 0 Å². The Hall–Kier alpha value is -11.7. The lowest BCUT2D eigenvalue weighted by Crippen LogP contribution is -1.95. The van der Waals surface area contributed by atoms with Crippen LogP contribution in [0.25, 0.3) is 198 Å². The number of fused-ring (bicyclic) bond motifs is 26. The van der Waals surface area contributed by atoms with Crippen LogP contribution in [0.4, 0.5) is 0 Å². The number of para-hydroxylation sites is 6. The summed E-state index contributed by atoms with van der Waals surface area (Å²) >= 11 is 0. The van der Waals surface area contributed by atoms with Gasteiger partial charge in [-0.1, -0.05) is 109 Å². The molecular weight excluding hydrogens is 1060 g/mol. The molecule has 0 unspecified atom stereocenters. The summed E-state index contributed by atoms with van der Waals surface area (Å²) in [5.74, 6) is 0. The lowest BCUT2D eigenvalue weighted by atomic mass is 10.1. The van der Waals surface area contributed by atoms with Gasteiger partial charge in [0.2, 0.25) is 0 Å². The van der Waals surface area contributed by atoms with Crippen LogP contribution >= 0.6 is 0 Å². The number of benzene rings is 13. The van der Waals surface area contributed by atoms with Crippen molar-refractivity contribution in [1.29, 1.82) is 0 Å². The Labute approximate surface area is 485 Å². The van der Waals surface area contributed by atoms with Gasteiger partial charge in [-0.15, -0.1) is 0 Å². The van der Waals surface area contributed by atoms with Gasteiger partial charge < -0.3 is 35.9 Å². The predicted octanol–water partition coefficient (Wildman–Crippen LogP) is 21.7. The van der Waals surface area contributed by atoms with Gasteiger partial charge in [0.15, 0.2) is 0 Å². The summed E-state index contributed by atoms with van der Waals surface area (Å²) < 4.78 is 36.7. The molecule has 398 valence electrons. The molecule has 21 aromatic rings. The van der Waals surface area contributed by atoms with E-state index in [1.165, 1.54) is 43.6 Å². The molecule has 8 nitrogen and oxygen atoms in total. The first-order valence-corrected chi connectivity index (χ1v) is 29.2. The molecule has 8 heterocycles. The normalized spacial score (nSPS) is 12.7. The molecule has 0 atom stereocenters. The highest BCUT2D eigenvalue weighted by atomic mass is 16.3. The quantitative estimate of drug-likeness (QED) is 0.176. The third-order valence-corrected chi connectivity index (χ3v) is 18.7. The molecule has 0 saturated carbocycles. The van der Waals surface area contributed by atoms with Gasteiger partial charge in [0.1, 0.15) is 44.7 Å². The maximum Gasteiger partial charge on any atom is 0.145 e. The summed E-state index contributed by atoms with van der Waals surface area (Å²) in [6.45, 7) is 0. The summed E-state index contributed by atoms with van der Waals surface area (Å²) in [7, 11) is 0. The fraction of sp³-hybridized carbons (Fsp3) is 0. The van der Waals surface area contributed by atoms with Crippen molar-refractivity contribution in [2.75, 3.05) is 0 Å². The molecule has 0 radical (unpaired) electrons. The van der Waals surface area contributed by atoms with Gasteiger partial charge in [-0.05, 0) is 140 Å². The summed E-state index contributed by atoms with van der Waals surface area (Å²) in [6.07, 6.45) is 0. The van der Waals surface area contributed by atoms with Crippen LogP contribution in [0.1, 0.15) is 0 Å². The van der Waals surface area contributed by atoms with E-state index in [1.807, 2.05) is 6.07 Å². The van der Waals surface area contributed by atoms with Crippen LogP contribution in [0.3, 0.4) is 0 Å².